The van der Waals surface area contributed by atoms with Crippen LogP contribution in [0.2, 0.25) is 0 Å². The van der Waals surface area contributed by atoms with Crippen LogP contribution < -0.4 is 25.1 Å². The Morgan fingerprint density at radius 3 is 2.65 bits per heavy atom. The third kappa shape index (κ3) is 6.44. The van der Waals surface area contributed by atoms with E-state index in [-0.39, 0.29) is 0 Å². The molecule has 2 rings (SSSR count). The van der Waals surface area contributed by atoms with E-state index in [9.17, 15) is 0 Å². The van der Waals surface area contributed by atoms with E-state index in [1.807, 2.05) is 25.1 Å². The van der Waals surface area contributed by atoms with Crippen molar-refractivity contribution < 1.29 is 19.1 Å². The molecule has 1 saturated heterocycles. The minimum atomic E-state index is 0.529. The molecule has 1 aliphatic rings. The van der Waals surface area contributed by atoms with Crippen molar-refractivity contribution in [3.8, 4) is 11.5 Å². The normalized spacial score (nSPS) is 15.4. The molecule has 7 nitrogen and oxygen atoms in total. The van der Waals surface area contributed by atoms with E-state index in [1.54, 1.807) is 19.1 Å². The molecule has 1 aromatic rings. The highest BCUT2D eigenvalue weighted by Gasteiger charge is 2.12. The van der Waals surface area contributed by atoms with Crippen molar-refractivity contribution in [1.29, 1.82) is 0 Å². The summed E-state index contributed by atoms with van der Waals surface area (Å²) in [6.07, 6.45) is 1.07. The fraction of sp³-hybridized carbons (Fsp3) is 0.556. The van der Waals surface area contributed by atoms with Gasteiger partial charge < -0.3 is 24.4 Å². The van der Waals surface area contributed by atoms with Crippen LogP contribution in [0, 0.1) is 0 Å². The molecule has 3 N–H and O–H groups in total. The Balaban J connectivity index is 1.74. The molecule has 144 valence electrons. The number of hydrogen-bond acceptors (Lipinski definition) is 5. The number of morpholine rings is 1. The van der Waals surface area contributed by atoms with E-state index >= 15 is 0 Å². The predicted molar refractivity (Wildman–Crippen MR) is 106 cm³/mol. The minimum Gasteiger partial charge on any atom is -0.493 e. The maximum absolute atomic E-state index is 5.37. The second kappa shape index (κ2) is 10.9. The summed E-state index contributed by atoms with van der Waals surface area (Å²) < 4.78 is 15.9. The molecule has 1 heterocycles. The third-order valence-corrected chi connectivity index (χ3v) is 4.55. The lowest BCUT2D eigenvalue weighted by atomic mass is 10.1. The van der Waals surface area contributed by atoms with E-state index in [0.717, 1.165) is 57.1 Å². The topological polar surface area (TPSA) is 68.5 Å². The molecular weight excluding hydrogens is 352 g/mol. The van der Waals surface area contributed by atoms with Crippen LogP contribution in [-0.2, 0) is 4.74 Å². The highest BCUT2D eigenvalue weighted by molar-refractivity contribution is 7.80. The van der Waals surface area contributed by atoms with Crippen LogP contribution in [0.4, 0.5) is 0 Å². The molecule has 1 aliphatic heterocycles. The number of thiocarbonyl (C=S) groups is 1. The average Bonchev–Trinajstić information content (AvgIpc) is 2.69. The Bertz CT molecular complexity index is 618. The Hall–Kier alpha value is -1.90. The second-order valence-corrected chi connectivity index (χ2v) is 6.51. The maximum atomic E-state index is 5.37. The SMILES string of the molecule is COc1ccc(/C(C)=N\NC(=S)NCCC[NH+]2CCOCC2)cc1OC. The van der Waals surface area contributed by atoms with Crippen molar-refractivity contribution in [3.63, 3.8) is 0 Å². The highest BCUT2D eigenvalue weighted by atomic mass is 32.1. The summed E-state index contributed by atoms with van der Waals surface area (Å²) in [4.78, 5) is 1.60. The molecule has 0 saturated carbocycles. The number of nitrogens with zero attached hydrogens (tertiary/aromatic N) is 1. The van der Waals surface area contributed by atoms with Gasteiger partial charge in [0, 0.05) is 18.5 Å². The molecule has 0 amide bonds. The lowest BCUT2D eigenvalue weighted by molar-refractivity contribution is -0.908. The quantitative estimate of drug-likeness (QED) is 0.259. The van der Waals surface area contributed by atoms with Crippen molar-refractivity contribution in [2.45, 2.75) is 13.3 Å². The molecule has 0 bridgehead atoms. The Labute approximate surface area is 160 Å². The van der Waals surface area contributed by atoms with E-state index < -0.39 is 0 Å². The van der Waals surface area contributed by atoms with Gasteiger partial charge >= 0.3 is 0 Å². The second-order valence-electron chi connectivity index (χ2n) is 6.10. The van der Waals surface area contributed by atoms with E-state index in [4.69, 9.17) is 26.4 Å². The van der Waals surface area contributed by atoms with Gasteiger partial charge in [-0.2, -0.15) is 5.10 Å². The summed E-state index contributed by atoms with van der Waals surface area (Å²) in [6.45, 7) is 7.81. The van der Waals surface area contributed by atoms with Crippen LogP contribution in [0.3, 0.4) is 0 Å². The molecular formula is C18H29N4O3S+. The highest BCUT2D eigenvalue weighted by Crippen LogP contribution is 2.27. The summed E-state index contributed by atoms with van der Waals surface area (Å²) >= 11 is 5.28. The van der Waals surface area contributed by atoms with Crippen LogP contribution in [-0.4, -0.2) is 64.4 Å². The number of quaternary nitrogens is 1. The summed E-state index contributed by atoms with van der Waals surface area (Å²) in [7, 11) is 3.23. The number of rotatable bonds is 8. The summed E-state index contributed by atoms with van der Waals surface area (Å²) in [5, 5.41) is 8.06. The van der Waals surface area contributed by atoms with Crippen molar-refractivity contribution in [3.05, 3.63) is 23.8 Å². The fourth-order valence-corrected chi connectivity index (χ4v) is 2.90. The number of hydrazone groups is 1. The summed E-state index contributed by atoms with van der Waals surface area (Å²) in [5.74, 6) is 1.36. The predicted octanol–water partition coefficient (Wildman–Crippen LogP) is 0.197. The van der Waals surface area contributed by atoms with Crippen LogP contribution in [0.5, 0.6) is 11.5 Å². The van der Waals surface area contributed by atoms with Crippen molar-refractivity contribution in [1.82, 2.24) is 10.7 Å². The van der Waals surface area contributed by atoms with Gasteiger partial charge in [-0.25, -0.2) is 0 Å². The summed E-state index contributed by atoms with van der Waals surface area (Å²) in [6, 6.07) is 5.68. The van der Waals surface area contributed by atoms with E-state index in [0.29, 0.717) is 16.6 Å². The zero-order chi connectivity index (χ0) is 18.8. The Morgan fingerprint density at radius 1 is 1.23 bits per heavy atom. The Morgan fingerprint density at radius 2 is 1.96 bits per heavy atom. The van der Waals surface area contributed by atoms with Crippen molar-refractivity contribution in [2.75, 3.05) is 53.6 Å². The van der Waals surface area contributed by atoms with Crippen LogP contribution in [0.25, 0.3) is 0 Å². The molecule has 0 aromatic heterocycles. The first-order valence-electron chi connectivity index (χ1n) is 8.86. The van der Waals surface area contributed by atoms with Crippen LogP contribution in [0.15, 0.2) is 23.3 Å². The number of hydrogen-bond donors (Lipinski definition) is 3. The lowest BCUT2D eigenvalue weighted by Crippen LogP contribution is -3.14. The largest absolute Gasteiger partial charge is 0.493 e. The van der Waals surface area contributed by atoms with Gasteiger partial charge in [-0.1, -0.05) is 0 Å². The lowest BCUT2D eigenvalue weighted by Gasteiger charge is -2.23. The maximum Gasteiger partial charge on any atom is 0.186 e. The smallest absolute Gasteiger partial charge is 0.186 e. The molecule has 0 radical (unpaired) electrons. The van der Waals surface area contributed by atoms with Crippen LogP contribution >= 0.6 is 12.2 Å². The fourth-order valence-electron chi connectivity index (χ4n) is 2.75. The van der Waals surface area contributed by atoms with E-state index in [2.05, 4.69) is 15.8 Å². The molecule has 1 fully saturated rings. The molecule has 0 atom stereocenters. The molecule has 26 heavy (non-hydrogen) atoms. The zero-order valence-electron chi connectivity index (χ0n) is 15.8. The van der Waals surface area contributed by atoms with Gasteiger partial charge in [-0.05, 0) is 37.3 Å². The Kier molecular flexibility index (Phi) is 8.60. The number of ether oxygens (including phenoxy) is 3. The first-order chi connectivity index (χ1) is 12.6. The van der Waals surface area contributed by atoms with Gasteiger partial charge in [0.05, 0.1) is 39.7 Å². The molecule has 0 spiro atoms. The number of benzene rings is 1. The van der Waals surface area contributed by atoms with Gasteiger partial charge in [0.25, 0.3) is 0 Å². The van der Waals surface area contributed by atoms with Crippen molar-refractivity contribution in [2.24, 2.45) is 5.10 Å². The number of nitrogens with one attached hydrogen (secondary N) is 3. The first kappa shape index (κ1) is 20.4. The average molecular weight is 382 g/mol. The zero-order valence-corrected chi connectivity index (χ0v) is 16.6. The monoisotopic (exact) mass is 381 g/mol. The van der Waals surface area contributed by atoms with E-state index in [1.165, 1.54) is 0 Å². The molecule has 8 heteroatoms. The van der Waals surface area contributed by atoms with Gasteiger partial charge in [0.15, 0.2) is 16.6 Å². The molecule has 0 unspecified atom stereocenters. The standard InChI is InChI=1S/C18H28N4O3S/c1-14(15-5-6-16(23-2)17(13-15)24-3)20-21-18(26)19-7-4-8-22-9-11-25-12-10-22/h5-6,13H,4,7-12H2,1-3H3,(H2,19,21,26)/p+1/b20-14-. The van der Waals surface area contributed by atoms with Gasteiger partial charge in [-0.15, -0.1) is 0 Å². The number of methoxy groups -OCH3 is 2. The summed E-state index contributed by atoms with van der Waals surface area (Å²) in [5.41, 5.74) is 4.65. The first-order valence-corrected chi connectivity index (χ1v) is 9.26. The van der Waals surface area contributed by atoms with Crippen LogP contribution in [0.1, 0.15) is 18.9 Å². The molecule has 1 aromatic carbocycles. The third-order valence-electron chi connectivity index (χ3n) is 4.32. The van der Waals surface area contributed by atoms with Gasteiger partial charge in [0.1, 0.15) is 13.1 Å². The van der Waals surface area contributed by atoms with Gasteiger partial charge in [-0.3, -0.25) is 5.43 Å². The molecule has 0 aliphatic carbocycles. The van der Waals surface area contributed by atoms with Crippen molar-refractivity contribution >= 4 is 23.0 Å². The minimum absolute atomic E-state index is 0.529. The van der Waals surface area contributed by atoms with Gasteiger partial charge in [0.2, 0.25) is 0 Å².